The molecule has 10 nitrogen and oxygen atoms in total. The van der Waals surface area contributed by atoms with Crippen molar-refractivity contribution in [1.82, 2.24) is 30.5 Å². The van der Waals surface area contributed by atoms with E-state index in [1.807, 2.05) is 0 Å². The van der Waals surface area contributed by atoms with Crippen molar-refractivity contribution in [2.75, 3.05) is 11.1 Å². The van der Waals surface area contributed by atoms with Gasteiger partial charge in [-0.25, -0.2) is 15.0 Å². The van der Waals surface area contributed by atoms with Crippen molar-refractivity contribution >= 4 is 34.2 Å². The van der Waals surface area contributed by atoms with E-state index in [-0.39, 0.29) is 34.9 Å². The number of nitrogen functional groups attached to an aromatic ring is 1. The first-order valence-electron chi connectivity index (χ1n) is 11.5. The molecule has 3 aromatic rings. The molecule has 3 heterocycles. The second-order valence-corrected chi connectivity index (χ2v) is 10.7. The van der Waals surface area contributed by atoms with Crippen LogP contribution < -0.4 is 16.4 Å². The Morgan fingerprint density at radius 1 is 1.18 bits per heavy atom. The number of fused-ring (bicyclic) bond motifs is 3. The molecule has 5 N–H and O–H groups in total. The molecular formula is C23H28N8O2S. The molecule has 1 saturated carbocycles. The van der Waals surface area contributed by atoms with E-state index < -0.39 is 0 Å². The normalized spacial score (nSPS) is 17.0. The molecule has 0 saturated heterocycles. The number of nitrogens with one attached hydrogen (secondary N) is 3. The third-order valence-electron chi connectivity index (χ3n) is 6.57. The Kier molecular flexibility index (Phi) is 5.59. The van der Waals surface area contributed by atoms with Gasteiger partial charge in [0.15, 0.2) is 10.8 Å². The van der Waals surface area contributed by atoms with Gasteiger partial charge in [0, 0.05) is 17.8 Å². The third kappa shape index (κ3) is 4.04. The van der Waals surface area contributed by atoms with Crippen LogP contribution in [-0.4, -0.2) is 43.0 Å². The molecule has 1 fully saturated rings. The number of hydrogen-bond donors (Lipinski definition) is 4. The van der Waals surface area contributed by atoms with Crippen LogP contribution >= 0.6 is 11.3 Å². The molecule has 34 heavy (non-hydrogen) atoms. The zero-order valence-electron chi connectivity index (χ0n) is 19.5. The van der Waals surface area contributed by atoms with Gasteiger partial charge >= 0.3 is 0 Å². The minimum absolute atomic E-state index is 0.130. The molecule has 11 heteroatoms. The highest BCUT2D eigenvalue weighted by Gasteiger charge is 2.38. The first-order chi connectivity index (χ1) is 16.2. The Labute approximate surface area is 201 Å². The quantitative estimate of drug-likeness (QED) is 0.447. The minimum atomic E-state index is -0.385. The van der Waals surface area contributed by atoms with Gasteiger partial charge in [0.05, 0.1) is 17.1 Å². The molecule has 2 aliphatic rings. The van der Waals surface area contributed by atoms with Crippen molar-refractivity contribution in [2.45, 2.75) is 70.8 Å². The van der Waals surface area contributed by atoms with Crippen LogP contribution in [0.4, 0.5) is 11.1 Å². The topological polar surface area (TPSA) is 152 Å². The Morgan fingerprint density at radius 2 is 1.94 bits per heavy atom. The Bertz CT molecular complexity index is 1270. The van der Waals surface area contributed by atoms with Gasteiger partial charge in [0.2, 0.25) is 5.95 Å². The monoisotopic (exact) mass is 480 g/mol. The molecule has 0 aromatic carbocycles. The number of amides is 2. The molecule has 0 spiro atoms. The number of H-pyrrole nitrogens is 1. The van der Waals surface area contributed by atoms with E-state index in [0.717, 1.165) is 36.8 Å². The van der Waals surface area contributed by atoms with Crippen molar-refractivity contribution in [3.8, 4) is 11.4 Å². The number of rotatable bonds is 4. The van der Waals surface area contributed by atoms with Crippen LogP contribution in [0.1, 0.15) is 82.9 Å². The predicted octanol–water partition coefficient (Wildman–Crippen LogP) is 3.36. The maximum absolute atomic E-state index is 13.2. The van der Waals surface area contributed by atoms with Crippen LogP contribution in [0.2, 0.25) is 0 Å². The predicted molar refractivity (Wildman–Crippen MR) is 130 cm³/mol. The summed E-state index contributed by atoms with van der Waals surface area (Å²) in [5, 5.41) is 13.6. The summed E-state index contributed by atoms with van der Waals surface area (Å²) in [6.45, 7) is 5.89. The van der Waals surface area contributed by atoms with Gasteiger partial charge in [-0.05, 0) is 37.2 Å². The molecule has 2 amide bonds. The Hall–Kier alpha value is -3.34. The van der Waals surface area contributed by atoms with Crippen LogP contribution in [-0.2, 0) is 11.8 Å². The van der Waals surface area contributed by atoms with Gasteiger partial charge in [-0.15, -0.1) is 0 Å². The van der Waals surface area contributed by atoms with Gasteiger partial charge in [0.25, 0.3) is 11.8 Å². The van der Waals surface area contributed by atoms with E-state index in [1.54, 1.807) is 13.1 Å². The SMILES string of the molecule is Cc1nc(NC(=O)c2n[nH]c3c2C(C)(C)Cc2cnc(N)nc2-3)sc1C(=O)NC1CCCCC1. The number of carbonyl (C=O) groups is 2. The number of nitrogens with zero attached hydrogens (tertiary/aromatic N) is 4. The van der Waals surface area contributed by atoms with E-state index in [0.29, 0.717) is 33.5 Å². The lowest BCUT2D eigenvalue weighted by atomic mass is 9.73. The lowest BCUT2D eigenvalue weighted by Gasteiger charge is -2.31. The fraction of sp³-hybridized carbons (Fsp3) is 0.478. The summed E-state index contributed by atoms with van der Waals surface area (Å²) in [7, 11) is 0. The summed E-state index contributed by atoms with van der Waals surface area (Å²) in [5.41, 5.74) is 9.38. The second-order valence-electron chi connectivity index (χ2n) is 9.68. The van der Waals surface area contributed by atoms with Gasteiger partial charge in [-0.2, -0.15) is 5.10 Å². The van der Waals surface area contributed by atoms with Crippen LogP contribution in [0.3, 0.4) is 0 Å². The average Bonchev–Trinajstić information content (AvgIpc) is 3.40. The van der Waals surface area contributed by atoms with Crippen molar-refractivity contribution < 1.29 is 9.59 Å². The Balaban J connectivity index is 1.38. The lowest BCUT2D eigenvalue weighted by molar-refractivity contribution is 0.0930. The molecular weight excluding hydrogens is 452 g/mol. The summed E-state index contributed by atoms with van der Waals surface area (Å²) < 4.78 is 0. The zero-order valence-corrected chi connectivity index (χ0v) is 20.3. The highest BCUT2D eigenvalue weighted by Crippen LogP contribution is 2.42. The summed E-state index contributed by atoms with van der Waals surface area (Å²) in [5.74, 6) is -0.346. The van der Waals surface area contributed by atoms with Crippen molar-refractivity contribution in [1.29, 1.82) is 0 Å². The highest BCUT2D eigenvalue weighted by molar-refractivity contribution is 7.17. The molecule has 0 bridgehead atoms. The number of thiazole rings is 1. The Morgan fingerprint density at radius 3 is 2.71 bits per heavy atom. The number of hydrogen-bond acceptors (Lipinski definition) is 8. The van der Waals surface area contributed by atoms with E-state index in [9.17, 15) is 9.59 Å². The first kappa shape index (κ1) is 22.5. The average molecular weight is 481 g/mol. The van der Waals surface area contributed by atoms with E-state index >= 15 is 0 Å². The number of aromatic nitrogens is 5. The van der Waals surface area contributed by atoms with Crippen LogP contribution in [0, 0.1) is 6.92 Å². The summed E-state index contributed by atoms with van der Waals surface area (Å²) in [4.78, 5) is 39.4. The number of aryl methyl sites for hydroxylation is 1. The molecule has 2 aliphatic carbocycles. The largest absolute Gasteiger partial charge is 0.368 e. The first-order valence-corrected chi connectivity index (χ1v) is 12.3. The van der Waals surface area contributed by atoms with Crippen LogP contribution in [0.15, 0.2) is 6.20 Å². The molecule has 0 radical (unpaired) electrons. The van der Waals surface area contributed by atoms with Gasteiger partial charge in [0.1, 0.15) is 4.88 Å². The molecule has 0 atom stereocenters. The van der Waals surface area contributed by atoms with Gasteiger partial charge in [-0.3, -0.25) is 20.0 Å². The van der Waals surface area contributed by atoms with E-state index in [2.05, 4.69) is 49.6 Å². The fourth-order valence-electron chi connectivity index (χ4n) is 4.98. The zero-order chi connectivity index (χ0) is 24.0. The minimum Gasteiger partial charge on any atom is -0.368 e. The van der Waals surface area contributed by atoms with Crippen molar-refractivity contribution in [2.24, 2.45) is 0 Å². The summed E-state index contributed by atoms with van der Waals surface area (Å²) in [6.07, 6.45) is 7.89. The van der Waals surface area contributed by atoms with Gasteiger partial charge < -0.3 is 11.1 Å². The number of carbonyl (C=O) groups excluding carboxylic acids is 2. The van der Waals surface area contributed by atoms with Crippen molar-refractivity contribution in [3.05, 3.63) is 33.6 Å². The van der Waals surface area contributed by atoms with E-state index in [1.165, 1.54) is 17.8 Å². The summed E-state index contributed by atoms with van der Waals surface area (Å²) in [6, 6.07) is 0.208. The number of nitrogens with two attached hydrogens (primary N) is 1. The third-order valence-corrected chi connectivity index (χ3v) is 7.65. The maximum Gasteiger partial charge on any atom is 0.278 e. The second kappa shape index (κ2) is 8.46. The standard InChI is InChI=1S/C23H28N8O2S/c1-11-18(20(33)27-13-7-5-4-6-8-13)34-22(26-11)29-19(32)17-14-16(30-31-17)15-12(9-23(14,2)3)10-25-21(24)28-15/h10,13H,4-9H2,1-3H3,(H,27,33)(H,30,31)(H2,24,25,28)(H,26,29,32). The van der Waals surface area contributed by atoms with Crippen LogP contribution in [0.25, 0.3) is 11.4 Å². The van der Waals surface area contributed by atoms with Gasteiger partial charge in [-0.1, -0.05) is 44.4 Å². The smallest absolute Gasteiger partial charge is 0.278 e. The molecule has 0 unspecified atom stereocenters. The molecule has 5 rings (SSSR count). The summed E-state index contributed by atoms with van der Waals surface area (Å²) >= 11 is 1.18. The fourth-order valence-corrected chi connectivity index (χ4v) is 5.85. The van der Waals surface area contributed by atoms with Crippen molar-refractivity contribution in [3.63, 3.8) is 0 Å². The molecule has 178 valence electrons. The molecule has 0 aliphatic heterocycles. The van der Waals surface area contributed by atoms with E-state index in [4.69, 9.17) is 5.73 Å². The molecule has 3 aromatic heterocycles. The van der Waals surface area contributed by atoms with Crippen LogP contribution in [0.5, 0.6) is 0 Å². The lowest BCUT2D eigenvalue weighted by Crippen LogP contribution is -2.36. The number of aromatic amines is 1. The number of anilines is 2. The highest BCUT2D eigenvalue weighted by atomic mass is 32.1. The maximum atomic E-state index is 13.2.